The molecule has 0 fully saturated rings. The van der Waals surface area contributed by atoms with Crippen molar-refractivity contribution in [2.24, 2.45) is 0 Å². The number of halogens is 2. The Morgan fingerprint density at radius 2 is 0.893 bits per heavy atom. The van der Waals surface area contributed by atoms with Crippen molar-refractivity contribution in [3.8, 4) is 11.5 Å². The van der Waals surface area contributed by atoms with Crippen LogP contribution in [0.1, 0.15) is 12.8 Å². The average molecular weight is 510 g/mol. The first-order chi connectivity index (χ1) is 12.9. The quantitative estimate of drug-likeness (QED) is 0.218. The van der Waals surface area contributed by atoms with Crippen LogP contribution in [0.3, 0.4) is 0 Å². The molecule has 2 heterocycles. The summed E-state index contributed by atoms with van der Waals surface area (Å²) in [6.07, 6.45) is 10.2. The highest BCUT2D eigenvalue weighted by Gasteiger charge is 2.01. The number of hydrogen-bond acceptors (Lipinski definition) is 2. The second kappa shape index (κ2) is 14.1. The molecule has 3 rings (SSSR count). The van der Waals surface area contributed by atoms with Gasteiger partial charge in [0.15, 0.2) is 37.9 Å². The van der Waals surface area contributed by atoms with Crippen molar-refractivity contribution in [2.75, 3.05) is 13.2 Å². The van der Waals surface area contributed by atoms with Crippen molar-refractivity contribution in [3.63, 3.8) is 0 Å². The van der Waals surface area contributed by atoms with Gasteiger partial charge in [0.25, 0.3) is 0 Å². The van der Waals surface area contributed by atoms with Gasteiger partial charge in [-0.15, -0.1) is 0 Å². The lowest BCUT2D eigenvalue weighted by Crippen LogP contribution is -3.00. The number of aryl methyl sites for hydroxylation is 2. The number of aromatic nitrogens is 2. The number of hydrogen-bond donors (Lipinski definition) is 0. The summed E-state index contributed by atoms with van der Waals surface area (Å²) in [6, 6.07) is 20.1. The molecule has 0 unspecified atom stereocenters. The zero-order valence-electron chi connectivity index (χ0n) is 15.8. The maximum Gasteiger partial charge on any atom is 0.168 e. The monoisotopic (exact) mass is 508 g/mol. The molecule has 0 aliphatic carbocycles. The highest BCUT2D eigenvalue weighted by Crippen LogP contribution is 2.17. The van der Waals surface area contributed by atoms with Crippen LogP contribution in [0.4, 0.5) is 0 Å². The third-order valence-electron chi connectivity index (χ3n) is 4.04. The SMILES string of the molecule is [Br-].[Br-].c1cc[n+](CCCOc2ccc(OCCC[n+]3ccccc3)cc2)cc1. The van der Waals surface area contributed by atoms with Crippen LogP contribution < -0.4 is 52.6 Å². The first kappa shape index (κ1) is 24.1. The summed E-state index contributed by atoms with van der Waals surface area (Å²) in [6.45, 7) is 3.33. The average Bonchev–Trinajstić information content (AvgIpc) is 2.71. The summed E-state index contributed by atoms with van der Waals surface area (Å²) in [4.78, 5) is 0. The molecule has 2 aromatic heterocycles. The van der Waals surface area contributed by atoms with Gasteiger partial charge in [0.1, 0.15) is 11.5 Å². The van der Waals surface area contributed by atoms with Crippen LogP contribution in [0.25, 0.3) is 0 Å². The van der Waals surface area contributed by atoms with E-state index in [1.54, 1.807) is 0 Å². The molecule has 1 aromatic carbocycles. The molecule has 0 N–H and O–H groups in total. The Balaban J connectivity index is 0.00000196. The molecule has 0 spiro atoms. The molecule has 6 heteroatoms. The Hall–Kier alpha value is -1.92. The zero-order chi connectivity index (χ0) is 17.9. The second-order valence-corrected chi connectivity index (χ2v) is 6.10. The molecule has 0 atom stereocenters. The molecule has 0 saturated heterocycles. The van der Waals surface area contributed by atoms with E-state index in [1.807, 2.05) is 60.7 Å². The Morgan fingerprint density at radius 3 is 1.25 bits per heavy atom. The van der Waals surface area contributed by atoms with Crippen molar-refractivity contribution >= 4 is 0 Å². The molecule has 4 nitrogen and oxygen atoms in total. The number of nitrogens with zero attached hydrogens (tertiary/aromatic N) is 2. The van der Waals surface area contributed by atoms with Crippen LogP contribution in [0.5, 0.6) is 11.5 Å². The number of ether oxygens (including phenoxy) is 2. The predicted molar refractivity (Wildman–Crippen MR) is 99.9 cm³/mol. The normalized spacial score (nSPS) is 9.71. The molecule has 0 saturated carbocycles. The lowest BCUT2D eigenvalue weighted by atomic mass is 10.3. The van der Waals surface area contributed by atoms with Gasteiger partial charge in [-0.25, -0.2) is 9.13 Å². The summed E-state index contributed by atoms with van der Waals surface area (Å²) in [5.41, 5.74) is 0. The molecule has 0 radical (unpaired) electrons. The van der Waals surface area contributed by atoms with Gasteiger partial charge in [0.2, 0.25) is 0 Å². The maximum atomic E-state index is 5.79. The van der Waals surface area contributed by atoms with Crippen molar-refractivity contribution in [1.29, 1.82) is 0 Å². The minimum absolute atomic E-state index is 0. The van der Waals surface area contributed by atoms with Gasteiger partial charge in [0, 0.05) is 37.1 Å². The molecule has 28 heavy (non-hydrogen) atoms. The van der Waals surface area contributed by atoms with Gasteiger partial charge in [-0.3, -0.25) is 0 Å². The van der Waals surface area contributed by atoms with Gasteiger partial charge < -0.3 is 43.4 Å². The molecular weight excluding hydrogens is 484 g/mol. The van der Waals surface area contributed by atoms with Crippen molar-refractivity contribution in [3.05, 3.63) is 85.5 Å². The molecule has 150 valence electrons. The topological polar surface area (TPSA) is 26.2 Å². The Morgan fingerprint density at radius 1 is 0.536 bits per heavy atom. The summed E-state index contributed by atoms with van der Waals surface area (Å²) in [7, 11) is 0. The fraction of sp³-hybridized carbons (Fsp3) is 0.273. The number of pyridine rings is 2. The van der Waals surface area contributed by atoms with Crippen molar-refractivity contribution in [2.45, 2.75) is 25.9 Å². The fourth-order valence-electron chi connectivity index (χ4n) is 2.67. The van der Waals surface area contributed by atoms with E-state index in [2.05, 4.69) is 33.9 Å². The van der Waals surface area contributed by atoms with Crippen molar-refractivity contribution in [1.82, 2.24) is 0 Å². The zero-order valence-corrected chi connectivity index (χ0v) is 19.0. The third kappa shape index (κ3) is 8.85. The van der Waals surface area contributed by atoms with Gasteiger partial charge >= 0.3 is 0 Å². The van der Waals surface area contributed by atoms with Gasteiger partial charge in [0.05, 0.1) is 13.2 Å². The molecular formula is C22H26Br2N2O2. The van der Waals surface area contributed by atoms with E-state index in [9.17, 15) is 0 Å². The Kier molecular flexibility index (Phi) is 12.2. The number of benzene rings is 1. The summed E-state index contributed by atoms with van der Waals surface area (Å²) in [5.74, 6) is 1.77. The minimum atomic E-state index is 0. The van der Waals surface area contributed by atoms with E-state index in [0.29, 0.717) is 13.2 Å². The molecule has 0 aliphatic rings. The lowest BCUT2D eigenvalue weighted by Gasteiger charge is -2.08. The summed E-state index contributed by atoms with van der Waals surface area (Å²) < 4.78 is 15.9. The van der Waals surface area contributed by atoms with Gasteiger partial charge in [-0.1, -0.05) is 12.1 Å². The maximum absolute atomic E-state index is 5.79. The van der Waals surface area contributed by atoms with E-state index in [-0.39, 0.29) is 34.0 Å². The third-order valence-corrected chi connectivity index (χ3v) is 4.04. The van der Waals surface area contributed by atoms with E-state index in [0.717, 1.165) is 37.4 Å². The Labute approximate surface area is 188 Å². The minimum Gasteiger partial charge on any atom is -1.00 e. The highest BCUT2D eigenvalue weighted by molar-refractivity contribution is 5.31. The van der Waals surface area contributed by atoms with E-state index >= 15 is 0 Å². The fourth-order valence-corrected chi connectivity index (χ4v) is 2.67. The summed E-state index contributed by atoms with van der Waals surface area (Å²) >= 11 is 0. The lowest BCUT2D eigenvalue weighted by molar-refractivity contribution is -0.697. The molecule has 0 aliphatic heterocycles. The smallest absolute Gasteiger partial charge is 0.168 e. The largest absolute Gasteiger partial charge is 1.00 e. The summed E-state index contributed by atoms with van der Waals surface area (Å²) in [5, 5.41) is 0. The highest BCUT2D eigenvalue weighted by atomic mass is 79.9. The van der Waals surface area contributed by atoms with Crippen LogP contribution in [0.15, 0.2) is 85.5 Å². The molecule has 0 amide bonds. The van der Waals surface area contributed by atoms with Crippen LogP contribution in [-0.2, 0) is 13.1 Å². The molecule has 0 bridgehead atoms. The standard InChI is InChI=1S/C22H26N2O2.2BrH/c1-3-13-23(14-4-1)17-7-19-25-21-9-11-22(12-10-21)26-20-8-18-24-15-5-2-6-16-24;;/h1-6,9-16H,7-8,17-20H2;2*1H/q+2;;/p-2. The predicted octanol–water partition coefficient (Wildman–Crippen LogP) is -2.79. The van der Waals surface area contributed by atoms with Crippen LogP contribution in [0, 0.1) is 0 Å². The molecule has 3 aromatic rings. The van der Waals surface area contributed by atoms with Crippen LogP contribution >= 0.6 is 0 Å². The van der Waals surface area contributed by atoms with Gasteiger partial charge in [-0.2, -0.15) is 0 Å². The van der Waals surface area contributed by atoms with Crippen LogP contribution in [0.2, 0.25) is 0 Å². The van der Waals surface area contributed by atoms with Gasteiger partial charge in [-0.05, 0) is 24.3 Å². The van der Waals surface area contributed by atoms with Crippen molar-refractivity contribution < 1.29 is 52.6 Å². The van der Waals surface area contributed by atoms with E-state index in [1.165, 1.54) is 0 Å². The first-order valence-corrected chi connectivity index (χ1v) is 9.14. The first-order valence-electron chi connectivity index (χ1n) is 9.14. The van der Waals surface area contributed by atoms with E-state index in [4.69, 9.17) is 9.47 Å². The second-order valence-electron chi connectivity index (χ2n) is 6.10. The number of rotatable bonds is 10. The van der Waals surface area contributed by atoms with E-state index < -0.39 is 0 Å². The Bertz CT molecular complexity index is 690. The van der Waals surface area contributed by atoms with Crippen LogP contribution in [-0.4, -0.2) is 13.2 Å².